The molecule has 0 aromatic carbocycles. The number of carbonyl (C=O) groups is 1. The Morgan fingerprint density at radius 2 is 2.35 bits per heavy atom. The van der Waals surface area contributed by atoms with Crippen molar-refractivity contribution in [3.05, 3.63) is 17.9 Å². The number of thioether (sulfide) groups is 1. The molecule has 1 fully saturated rings. The lowest BCUT2D eigenvalue weighted by molar-refractivity contribution is 0.0864. The fraction of sp³-hybridized carbons (Fsp3) is 0.583. The molecule has 0 radical (unpaired) electrons. The number of furan rings is 1. The van der Waals surface area contributed by atoms with Crippen LogP contribution in [0.5, 0.6) is 0 Å². The third-order valence-corrected chi connectivity index (χ3v) is 3.93. The van der Waals surface area contributed by atoms with E-state index < -0.39 is 0 Å². The first-order valence-electron chi connectivity index (χ1n) is 5.75. The van der Waals surface area contributed by atoms with Crippen LogP contribution in [0.4, 0.5) is 0 Å². The van der Waals surface area contributed by atoms with Crippen LogP contribution in [0.15, 0.2) is 21.6 Å². The summed E-state index contributed by atoms with van der Waals surface area (Å²) in [6.45, 7) is 2.46. The summed E-state index contributed by atoms with van der Waals surface area (Å²) in [6.07, 6.45) is 4.19. The summed E-state index contributed by atoms with van der Waals surface area (Å²) in [5, 5.41) is 3.74. The van der Waals surface area contributed by atoms with Crippen LogP contribution >= 0.6 is 11.8 Å². The number of rotatable bonds is 5. The zero-order chi connectivity index (χ0) is 12.5. The molecule has 1 aromatic rings. The van der Waals surface area contributed by atoms with Gasteiger partial charge in [0.1, 0.15) is 0 Å². The van der Waals surface area contributed by atoms with E-state index in [0.29, 0.717) is 18.2 Å². The van der Waals surface area contributed by atoms with Gasteiger partial charge < -0.3 is 15.5 Å². The average Bonchev–Trinajstić information content (AvgIpc) is 3.07. The molecule has 1 unspecified atom stereocenters. The summed E-state index contributed by atoms with van der Waals surface area (Å²) in [4.78, 5) is 12.0. The fourth-order valence-electron chi connectivity index (χ4n) is 1.91. The molecule has 1 saturated carbocycles. The molecular weight excluding hydrogens is 236 g/mol. The first-order chi connectivity index (χ1) is 8.09. The number of nitrogens with two attached hydrogens (primary N) is 1. The van der Waals surface area contributed by atoms with E-state index in [0.717, 1.165) is 17.9 Å². The molecule has 94 valence electrons. The largest absolute Gasteiger partial charge is 0.445 e. The van der Waals surface area contributed by atoms with Gasteiger partial charge in [-0.3, -0.25) is 4.79 Å². The van der Waals surface area contributed by atoms with Gasteiger partial charge in [0.05, 0.1) is 5.54 Å². The Labute approximate surface area is 105 Å². The van der Waals surface area contributed by atoms with Gasteiger partial charge in [0.2, 0.25) is 0 Å². The normalized spacial score (nSPS) is 18.8. The number of carbonyl (C=O) groups excluding carboxylic acids is 1. The molecule has 4 nitrogen and oxygen atoms in total. The third-order valence-electron chi connectivity index (χ3n) is 3.31. The van der Waals surface area contributed by atoms with E-state index in [-0.39, 0.29) is 11.4 Å². The average molecular weight is 254 g/mol. The maximum atomic E-state index is 12.0. The maximum Gasteiger partial charge on any atom is 0.287 e. The van der Waals surface area contributed by atoms with Crippen LogP contribution in [-0.2, 0) is 0 Å². The molecule has 1 heterocycles. The third kappa shape index (κ3) is 2.66. The minimum absolute atomic E-state index is 0.176. The minimum Gasteiger partial charge on any atom is -0.445 e. The molecular formula is C12H18N2O2S. The van der Waals surface area contributed by atoms with Crippen LogP contribution < -0.4 is 11.1 Å². The number of hydrogen-bond donors (Lipinski definition) is 2. The minimum atomic E-state index is -0.302. The van der Waals surface area contributed by atoms with Gasteiger partial charge in [-0.05, 0) is 44.1 Å². The molecule has 1 amide bonds. The van der Waals surface area contributed by atoms with E-state index in [9.17, 15) is 4.79 Å². The SMILES string of the molecule is CSc1ccc(C(=O)NC(C)(CN)C2CC2)o1. The molecule has 3 N–H and O–H groups in total. The predicted molar refractivity (Wildman–Crippen MR) is 68.1 cm³/mol. The number of hydrogen-bond acceptors (Lipinski definition) is 4. The van der Waals surface area contributed by atoms with Gasteiger partial charge in [-0.25, -0.2) is 0 Å². The second kappa shape index (κ2) is 4.74. The lowest BCUT2D eigenvalue weighted by Crippen LogP contribution is -2.53. The van der Waals surface area contributed by atoms with Crippen molar-refractivity contribution in [1.82, 2.24) is 5.32 Å². The molecule has 1 aliphatic carbocycles. The van der Waals surface area contributed by atoms with Gasteiger partial charge in [-0.2, -0.15) is 0 Å². The Bertz CT molecular complexity index is 414. The zero-order valence-electron chi connectivity index (χ0n) is 10.2. The van der Waals surface area contributed by atoms with E-state index >= 15 is 0 Å². The van der Waals surface area contributed by atoms with E-state index in [1.807, 2.05) is 13.2 Å². The Hall–Kier alpha value is -0.940. The van der Waals surface area contributed by atoms with Crippen molar-refractivity contribution in [3.8, 4) is 0 Å². The van der Waals surface area contributed by atoms with Crippen molar-refractivity contribution in [1.29, 1.82) is 0 Å². The highest BCUT2D eigenvalue weighted by Gasteiger charge is 2.41. The lowest BCUT2D eigenvalue weighted by Gasteiger charge is -2.28. The molecule has 1 aliphatic rings. The highest BCUT2D eigenvalue weighted by molar-refractivity contribution is 7.98. The maximum absolute atomic E-state index is 12.0. The fourth-order valence-corrected chi connectivity index (χ4v) is 2.29. The van der Waals surface area contributed by atoms with Crippen molar-refractivity contribution in [2.24, 2.45) is 11.7 Å². The molecule has 2 rings (SSSR count). The van der Waals surface area contributed by atoms with Gasteiger partial charge in [0, 0.05) is 6.54 Å². The van der Waals surface area contributed by atoms with Crippen molar-refractivity contribution in [2.45, 2.75) is 30.4 Å². The van der Waals surface area contributed by atoms with E-state index in [2.05, 4.69) is 5.32 Å². The summed E-state index contributed by atoms with van der Waals surface area (Å²) in [5.74, 6) is 0.686. The van der Waals surface area contributed by atoms with Crippen molar-refractivity contribution in [2.75, 3.05) is 12.8 Å². The molecule has 0 spiro atoms. The van der Waals surface area contributed by atoms with Gasteiger partial charge in [0.15, 0.2) is 10.9 Å². The highest BCUT2D eigenvalue weighted by atomic mass is 32.2. The second-order valence-electron chi connectivity index (χ2n) is 4.67. The number of nitrogens with one attached hydrogen (secondary N) is 1. The van der Waals surface area contributed by atoms with Crippen molar-refractivity contribution in [3.63, 3.8) is 0 Å². The first kappa shape index (κ1) is 12.5. The molecule has 1 atom stereocenters. The van der Waals surface area contributed by atoms with E-state index in [1.165, 1.54) is 11.8 Å². The molecule has 0 aliphatic heterocycles. The zero-order valence-corrected chi connectivity index (χ0v) is 11.0. The predicted octanol–water partition coefficient (Wildman–Crippen LogP) is 1.86. The Kier molecular flexibility index (Phi) is 3.49. The molecule has 1 aromatic heterocycles. The Morgan fingerprint density at radius 3 is 2.82 bits per heavy atom. The topological polar surface area (TPSA) is 68.3 Å². The van der Waals surface area contributed by atoms with Gasteiger partial charge >= 0.3 is 0 Å². The lowest BCUT2D eigenvalue weighted by atomic mass is 9.96. The summed E-state index contributed by atoms with van der Waals surface area (Å²) in [7, 11) is 0. The summed E-state index contributed by atoms with van der Waals surface area (Å²) < 4.78 is 5.40. The van der Waals surface area contributed by atoms with Crippen LogP contribution in [0.25, 0.3) is 0 Å². The Morgan fingerprint density at radius 1 is 1.65 bits per heavy atom. The smallest absolute Gasteiger partial charge is 0.287 e. The van der Waals surface area contributed by atoms with Gasteiger partial charge in [-0.1, -0.05) is 11.8 Å². The summed E-state index contributed by atoms with van der Waals surface area (Å²) in [6, 6.07) is 3.50. The highest BCUT2D eigenvalue weighted by Crippen LogP contribution is 2.39. The molecule has 0 saturated heterocycles. The standard InChI is InChI=1S/C12H18N2O2S/c1-12(7-13,8-3-4-8)14-11(15)9-5-6-10(16-9)17-2/h5-6,8H,3-4,7,13H2,1-2H3,(H,14,15). The molecule has 17 heavy (non-hydrogen) atoms. The molecule has 5 heteroatoms. The van der Waals surface area contributed by atoms with Crippen molar-refractivity contribution < 1.29 is 9.21 Å². The monoisotopic (exact) mass is 254 g/mol. The van der Waals surface area contributed by atoms with E-state index in [4.69, 9.17) is 10.2 Å². The quantitative estimate of drug-likeness (QED) is 0.787. The van der Waals surface area contributed by atoms with Crippen LogP contribution in [-0.4, -0.2) is 24.2 Å². The van der Waals surface area contributed by atoms with Crippen molar-refractivity contribution >= 4 is 17.7 Å². The van der Waals surface area contributed by atoms with E-state index in [1.54, 1.807) is 12.1 Å². The van der Waals surface area contributed by atoms with Crippen LogP contribution in [0, 0.1) is 5.92 Å². The van der Waals surface area contributed by atoms with Crippen LogP contribution in [0.1, 0.15) is 30.3 Å². The summed E-state index contributed by atoms with van der Waals surface area (Å²) in [5.41, 5.74) is 5.45. The number of amides is 1. The van der Waals surface area contributed by atoms with Crippen LogP contribution in [0.2, 0.25) is 0 Å². The van der Waals surface area contributed by atoms with Gasteiger partial charge in [-0.15, -0.1) is 0 Å². The summed E-state index contributed by atoms with van der Waals surface area (Å²) >= 11 is 1.48. The first-order valence-corrected chi connectivity index (χ1v) is 6.98. The molecule has 0 bridgehead atoms. The second-order valence-corrected chi connectivity index (χ2v) is 5.48. The Balaban J connectivity index is 2.05. The van der Waals surface area contributed by atoms with Gasteiger partial charge in [0.25, 0.3) is 5.91 Å². The van der Waals surface area contributed by atoms with Crippen LogP contribution in [0.3, 0.4) is 0 Å².